The van der Waals surface area contributed by atoms with Gasteiger partial charge in [0.15, 0.2) is 0 Å². The molecule has 5 aromatic rings. The van der Waals surface area contributed by atoms with E-state index in [1.165, 1.54) is 3.97 Å². The Bertz CT molecular complexity index is 1740. The van der Waals surface area contributed by atoms with Crippen molar-refractivity contribution < 1.29 is 23.1 Å². The quantitative estimate of drug-likeness (QED) is 0.247. The summed E-state index contributed by atoms with van der Waals surface area (Å²) in [5.74, 6) is -0.668. The molecule has 4 aromatic carbocycles. The molecule has 198 valence electrons. The first-order valence-corrected chi connectivity index (χ1v) is 14.1. The Kier molecular flexibility index (Phi) is 7.49. The summed E-state index contributed by atoms with van der Waals surface area (Å²) in [4.78, 5) is 11.3. The topological polar surface area (TPSA) is 112 Å². The van der Waals surface area contributed by atoms with E-state index >= 15 is 0 Å². The normalized spacial score (nSPS) is 11.5. The molecule has 0 bridgehead atoms. The molecule has 3 N–H and O–H groups in total. The van der Waals surface area contributed by atoms with Crippen molar-refractivity contribution in [3.05, 3.63) is 126 Å². The van der Waals surface area contributed by atoms with Gasteiger partial charge < -0.3 is 15.6 Å². The summed E-state index contributed by atoms with van der Waals surface area (Å²) >= 11 is 0. The van der Waals surface area contributed by atoms with E-state index in [0.717, 1.165) is 22.1 Å². The lowest BCUT2D eigenvalue weighted by molar-refractivity contribution is -0.136. The number of hydrogen-bond donors (Lipinski definition) is 2. The number of aromatic nitrogens is 1. The molecule has 0 aliphatic carbocycles. The van der Waals surface area contributed by atoms with Gasteiger partial charge in [0.2, 0.25) is 10.0 Å². The van der Waals surface area contributed by atoms with Crippen LogP contribution in [-0.4, -0.2) is 23.5 Å². The standard InChI is InChI=1S/C31H28N2O5S/c32-18-23-9-6-11-24(15-23)25-13-14-29-28(16-25)27(20-38-30-12-5-4-10-26(30)17-31(34)35)19-33(29)39(36,37)21-22-7-2-1-3-8-22/h1-16,19H,17-18,20-21,32H2,(H,34,35). The maximum Gasteiger partial charge on any atom is 0.307 e. The number of hydrogen-bond acceptors (Lipinski definition) is 5. The Balaban J connectivity index is 1.58. The molecule has 0 saturated carbocycles. The van der Waals surface area contributed by atoms with Gasteiger partial charge in [0.1, 0.15) is 12.4 Å². The highest BCUT2D eigenvalue weighted by Crippen LogP contribution is 2.31. The van der Waals surface area contributed by atoms with E-state index in [4.69, 9.17) is 10.5 Å². The van der Waals surface area contributed by atoms with Crippen LogP contribution in [0.4, 0.5) is 0 Å². The highest BCUT2D eigenvalue weighted by atomic mass is 32.2. The first kappa shape index (κ1) is 26.2. The monoisotopic (exact) mass is 540 g/mol. The Morgan fingerprint density at radius 1 is 0.821 bits per heavy atom. The van der Waals surface area contributed by atoms with E-state index in [9.17, 15) is 18.3 Å². The number of aliphatic carboxylic acids is 1. The van der Waals surface area contributed by atoms with Gasteiger partial charge in [0, 0.05) is 29.3 Å². The van der Waals surface area contributed by atoms with Gasteiger partial charge in [-0.15, -0.1) is 0 Å². The van der Waals surface area contributed by atoms with Gasteiger partial charge in [-0.3, -0.25) is 4.79 Å². The third-order valence-electron chi connectivity index (χ3n) is 6.54. The van der Waals surface area contributed by atoms with Crippen molar-refractivity contribution in [2.75, 3.05) is 0 Å². The van der Waals surface area contributed by atoms with Crippen LogP contribution in [0.15, 0.2) is 103 Å². The summed E-state index contributed by atoms with van der Waals surface area (Å²) in [5, 5.41) is 10.0. The maximum absolute atomic E-state index is 13.6. The zero-order valence-electron chi connectivity index (χ0n) is 21.2. The minimum atomic E-state index is -3.75. The fourth-order valence-electron chi connectivity index (χ4n) is 4.63. The van der Waals surface area contributed by atoms with Gasteiger partial charge >= 0.3 is 5.97 Å². The molecular formula is C31H28N2O5S. The van der Waals surface area contributed by atoms with Crippen LogP contribution in [0, 0.1) is 0 Å². The minimum Gasteiger partial charge on any atom is -0.489 e. The third kappa shape index (κ3) is 5.87. The Morgan fingerprint density at radius 2 is 1.54 bits per heavy atom. The molecule has 1 aromatic heterocycles. The number of carboxylic acid groups (broad SMARTS) is 1. The largest absolute Gasteiger partial charge is 0.489 e. The molecular weight excluding hydrogens is 512 g/mol. The van der Waals surface area contributed by atoms with E-state index in [2.05, 4.69) is 0 Å². The number of nitrogens with two attached hydrogens (primary N) is 1. The molecule has 0 aliphatic heterocycles. The molecule has 0 fully saturated rings. The molecule has 7 nitrogen and oxygen atoms in total. The fourth-order valence-corrected chi connectivity index (χ4v) is 6.13. The van der Waals surface area contributed by atoms with Gasteiger partial charge in [-0.2, -0.15) is 0 Å². The minimum absolute atomic E-state index is 0.0628. The SMILES string of the molecule is NCc1cccc(-c2ccc3c(c2)c(COc2ccccc2CC(=O)O)cn3S(=O)(=O)Cc2ccccc2)c1. The number of rotatable bonds is 10. The van der Waals surface area contributed by atoms with E-state index in [1.54, 1.807) is 42.6 Å². The van der Waals surface area contributed by atoms with Crippen molar-refractivity contribution in [1.82, 2.24) is 3.97 Å². The average molecular weight is 541 g/mol. The number of carbonyl (C=O) groups is 1. The predicted molar refractivity (Wildman–Crippen MR) is 152 cm³/mol. The van der Waals surface area contributed by atoms with Crippen molar-refractivity contribution in [3.63, 3.8) is 0 Å². The van der Waals surface area contributed by atoms with Gasteiger partial charge in [-0.1, -0.05) is 72.8 Å². The first-order valence-electron chi connectivity index (χ1n) is 12.5. The zero-order chi connectivity index (χ0) is 27.4. The molecule has 0 amide bonds. The summed E-state index contributed by atoms with van der Waals surface area (Å²) < 4.78 is 34.5. The lowest BCUT2D eigenvalue weighted by Gasteiger charge is -2.10. The molecule has 0 spiro atoms. The maximum atomic E-state index is 13.6. The molecule has 0 atom stereocenters. The molecule has 0 radical (unpaired) electrons. The number of fused-ring (bicyclic) bond motifs is 1. The Morgan fingerprint density at radius 3 is 2.31 bits per heavy atom. The lowest BCUT2D eigenvalue weighted by Crippen LogP contribution is -2.14. The van der Waals surface area contributed by atoms with Crippen LogP contribution in [-0.2, 0) is 40.1 Å². The number of nitrogens with zero attached hydrogens (tertiary/aromatic N) is 1. The third-order valence-corrected chi connectivity index (χ3v) is 8.14. The molecule has 5 rings (SSSR count). The van der Waals surface area contributed by atoms with Crippen LogP contribution < -0.4 is 10.5 Å². The molecule has 39 heavy (non-hydrogen) atoms. The van der Waals surface area contributed by atoms with Crippen molar-refractivity contribution in [2.45, 2.75) is 25.3 Å². The molecule has 8 heteroatoms. The van der Waals surface area contributed by atoms with Gasteiger partial charge in [-0.25, -0.2) is 12.4 Å². The van der Waals surface area contributed by atoms with Gasteiger partial charge in [0.25, 0.3) is 0 Å². The van der Waals surface area contributed by atoms with Crippen LogP contribution in [0.2, 0.25) is 0 Å². The highest BCUT2D eigenvalue weighted by molar-refractivity contribution is 7.89. The van der Waals surface area contributed by atoms with Crippen molar-refractivity contribution in [2.24, 2.45) is 5.73 Å². The van der Waals surface area contributed by atoms with Crippen molar-refractivity contribution in [1.29, 1.82) is 0 Å². The molecule has 1 heterocycles. The molecule has 0 saturated heterocycles. The van der Waals surface area contributed by atoms with Crippen LogP contribution in [0.5, 0.6) is 5.75 Å². The summed E-state index contributed by atoms with van der Waals surface area (Å²) in [7, 11) is -3.75. The number of benzene rings is 4. The average Bonchev–Trinajstić information content (AvgIpc) is 3.31. The van der Waals surface area contributed by atoms with Crippen LogP contribution >= 0.6 is 0 Å². The van der Waals surface area contributed by atoms with Crippen molar-refractivity contribution >= 4 is 26.9 Å². The van der Waals surface area contributed by atoms with E-state index in [0.29, 0.717) is 34.5 Å². The van der Waals surface area contributed by atoms with E-state index in [-0.39, 0.29) is 18.8 Å². The van der Waals surface area contributed by atoms with E-state index in [1.807, 2.05) is 60.7 Å². The second-order valence-corrected chi connectivity index (χ2v) is 11.1. The number of ether oxygens (including phenoxy) is 1. The Labute approximate surface area is 227 Å². The molecule has 0 unspecified atom stereocenters. The first-order chi connectivity index (χ1) is 18.8. The molecule has 0 aliphatic rings. The van der Waals surface area contributed by atoms with Gasteiger partial charge in [-0.05, 0) is 46.5 Å². The number of para-hydroxylation sites is 1. The van der Waals surface area contributed by atoms with Gasteiger partial charge in [0.05, 0.1) is 17.7 Å². The second-order valence-electron chi connectivity index (χ2n) is 9.30. The zero-order valence-corrected chi connectivity index (χ0v) is 22.0. The summed E-state index contributed by atoms with van der Waals surface area (Å²) in [5.41, 5.74) is 11.2. The smallest absolute Gasteiger partial charge is 0.307 e. The summed E-state index contributed by atoms with van der Waals surface area (Å²) in [6.45, 7) is 0.478. The second kappa shape index (κ2) is 11.1. The summed E-state index contributed by atoms with van der Waals surface area (Å²) in [6.07, 6.45) is 1.42. The van der Waals surface area contributed by atoms with Crippen LogP contribution in [0.1, 0.15) is 22.3 Å². The van der Waals surface area contributed by atoms with Crippen LogP contribution in [0.3, 0.4) is 0 Å². The van der Waals surface area contributed by atoms with Crippen molar-refractivity contribution in [3.8, 4) is 16.9 Å². The fraction of sp³-hybridized carbons (Fsp3) is 0.129. The predicted octanol–water partition coefficient (Wildman–Crippen LogP) is 5.35. The lowest BCUT2D eigenvalue weighted by atomic mass is 10.0. The Hall–Kier alpha value is -4.40. The number of carboxylic acids is 1. The highest BCUT2D eigenvalue weighted by Gasteiger charge is 2.21. The summed E-state index contributed by atoms with van der Waals surface area (Å²) in [6, 6.07) is 29.6. The van der Waals surface area contributed by atoms with Crippen LogP contribution in [0.25, 0.3) is 22.0 Å². The van der Waals surface area contributed by atoms with E-state index < -0.39 is 16.0 Å².